The highest BCUT2D eigenvalue weighted by Gasteiger charge is 2.23. The van der Waals surface area contributed by atoms with Crippen LogP contribution in [0.5, 0.6) is 5.75 Å². The van der Waals surface area contributed by atoms with Crippen LogP contribution in [0.4, 0.5) is 0 Å². The Morgan fingerprint density at radius 1 is 1.07 bits per heavy atom. The summed E-state index contributed by atoms with van der Waals surface area (Å²) in [5.74, 6) is 0.805. The van der Waals surface area contributed by atoms with Crippen LogP contribution in [0.15, 0.2) is 59.4 Å². The molecule has 28 heavy (non-hydrogen) atoms. The lowest BCUT2D eigenvalue weighted by Gasteiger charge is -2.06. The molecule has 5 heteroatoms. The second-order valence-corrected chi connectivity index (χ2v) is 7.21. The third kappa shape index (κ3) is 2.71. The molecule has 5 rings (SSSR count). The van der Waals surface area contributed by atoms with E-state index in [4.69, 9.17) is 9.72 Å². The minimum atomic E-state index is 0.0339. The molecule has 0 atom stereocenters. The lowest BCUT2D eigenvalue weighted by atomic mass is 10.0. The molecule has 140 valence electrons. The van der Waals surface area contributed by atoms with Crippen LogP contribution in [-0.4, -0.2) is 21.7 Å². The van der Waals surface area contributed by atoms with E-state index in [1.807, 2.05) is 42.5 Å². The standard InChI is InChI=1S/C23H21N3O2/c1-28-17-12-10-16(11-13-17)21-20(14-15-6-3-2-4-7-15)25-26-22(21)24-19-9-5-8-18(19)23(26)27/h2-4,6-7,10-13,25H,5,8-9,14H2,1H3. The Labute approximate surface area is 162 Å². The number of aromatic nitrogens is 3. The first-order valence-electron chi connectivity index (χ1n) is 9.58. The summed E-state index contributed by atoms with van der Waals surface area (Å²) in [6.45, 7) is 0. The predicted octanol–water partition coefficient (Wildman–Crippen LogP) is 3.78. The summed E-state index contributed by atoms with van der Waals surface area (Å²) in [7, 11) is 1.66. The molecule has 0 bridgehead atoms. The maximum atomic E-state index is 13.0. The molecule has 1 aliphatic rings. The average Bonchev–Trinajstić information content (AvgIpc) is 3.34. The summed E-state index contributed by atoms with van der Waals surface area (Å²) in [4.78, 5) is 17.9. The van der Waals surface area contributed by atoms with Crippen molar-refractivity contribution in [2.75, 3.05) is 7.11 Å². The maximum absolute atomic E-state index is 13.0. The Hall–Kier alpha value is -3.34. The van der Waals surface area contributed by atoms with Crippen molar-refractivity contribution in [1.82, 2.24) is 14.6 Å². The molecule has 1 aliphatic carbocycles. The number of hydrogen-bond acceptors (Lipinski definition) is 3. The third-order valence-electron chi connectivity index (χ3n) is 5.48. The highest BCUT2D eigenvalue weighted by Crippen LogP contribution is 2.31. The van der Waals surface area contributed by atoms with Gasteiger partial charge in [0.25, 0.3) is 5.56 Å². The van der Waals surface area contributed by atoms with Crippen molar-refractivity contribution in [3.8, 4) is 16.9 Å². The second kappa shape index (κ2) is 6.68. The van der Waals surface area contributed by atoms with E-state index in [0.717, 1.165) is 53.1 Å². The van der Waals surface area contributed by atoms with Gasteiger partial charge in [-0.3, -0.25) is 9.89 Å². The monoisotopic (exact) mass is 371 g/mol. The van der Waals surface area contributed by atoms with Crippen LogP contribution in [0, 0.1) is 0 Å². The van der Waals surface area contributed by atoms with Crippen molar-refractivity contribution in [3.63, 3.8) is 0 Å². The molecular weight excluding hydrogens is 350 g/mol. The van der Waals surface area contributed by atoms with Crippen molar-refractivity contribution in [1.29, 1.82) is 0 Å². The van der Waals surface area contributed by atoms with Gasteiger partial charge in [-0.1, -0.05) is 42.5 Å². The summed E-state index contributed by atoms with van der Waals surface area (Å²) in [6.07, 6.45) is 3.40. The van der Waals surface area contributed by atoms with Crippen LogP contribution in [0.2, 0.25) is 0 Å². The zero-order valence-electron chi connectivity index (χ0n) is 15.7. The fraction of sp³-hybridized carbons (Fsp3) is 0.217. The number of methoxy groups -OCH3 is 1. The lowest BCUT2D eigenvalue weighted by molar-refractivity contribution is 0.415. The smallest absolute Gasteiger partial charge is 0.276 e. The van der Waals surface area contributed by atoms with E-state index in [9.17, 15) is 4.79 Å². The molecular formula is C23H21N3O2. The van der Waals surface area contributed by atoms with E-state index in [1.54, 1.807) is 11.6 Å². The Balaban J connectivity index is 1.75. The van der Waals surface area contributed by atoms with E-state index in [0.29, 0.717) is 12.1 Å². The van der Waals surface area contributed by atoms with Crippen LogP contribution < -0.4 is 10.3 Å². The first-order valence-corrected chi connectivity index (χ1v) is 9.58. The molecule has 0 fully saturated rings. The normalized spacial score (nSPS) is 13.0. The first-order chi connectivity index (χ1) is 13.7. The number of aryl methyl sites for hydroxylation is 1. The Bertz CT molecular complexity index is 1200. The summed E-state index contributed by atoms with van der Waals surface area (Å²) in [5, 5.41) is 3.35. The predicted molar refractivity (Wildman–Crippen MR) is 109 cm³/mol. The Morgan fingerprint density at radius 2 is 1.86 bits per heavy atom. The number of ether oxygens (including phenoxy) is 1. The molecule has 1 N–H and O–H groups in total. The van der Waals surface area contributed by atoms with Gasteiger partial charge in [-0.05, 0) is 42.5 Å². The van der Waals surface area contributed by atoms with E-state index in [2.05, 4.69) is 17.2 Å². The van der Waals surface area contributed by atoms with Gasteiger partial charge in [-0.25, -0.2) is 9.50 Å². The van der Waals surface area contributed by atoms with E-state index >= 15 is 0 Å². The van der Waals surface area contributed by atoms with Gasteiger partial charge in [0.1, 0.15) is 5.75 Å². The summed E-state index contributed by atoms with van der Waals surface area (Å²) in [6, 6.07) is 18.2. The number of rotatable bonds is 4. The van der Waals surface area contributed by atoms with E-state index < -0.39 is 0 Å². The molecule has 0 spiro atoms. The van der Waals surface area contributed by atoms with Crippen LogP contribution in [0.25, 0.3) is 16.8 Å². The van der Waals surface area contributed by atoms with Gasteiger partial charge in [-0.15, -0.1) is 0 Å². The molecule has 2 heterocycles. The fourth-order valence-corrected chi connectivity index (χ4v) is 4.08. The highest BCUT2D eigenvalue weighted by atomic mass is 16.5. The Kier molecular flexibility index (Phi) is 4.01. The van der Waals surface area contributed by atoms with Gasteiger partial charge >= 0.3 is 0 Å². The fourth-order valence-electron chi connectivity index (χ4n) is 4.08. The number of nitrogens with one attached hydrogen (secondary N) is 1. The van der Waals surface area contributed by atoms with Crippen LogP contribution in [0.1, 0.15) is 28.9 Å². The zero-order chi connectivity index (χ0) is 19.1. The first kappa shape index (κ1) is 16.8. The number of aromatic amines is 1. The van der Waals surface area contributed by atoms with Gasteiger partial charge in [0, 0.05) is 23.2 Å². The molecule has 5 nitrogen and oxygen atoms in total. The SMILES string of the molecule is COc1ccc(-c2c(Cc3ccccc3)[nH]n3c(=O)c4c(nc23)CCC4)cc1. The molecule has 0 aliphatic heterocycles. The summed E-state index contributed by atoms with van der Waals surface area (Å²) >= 11 is 0. The van der Waals surface area contributed by atoms with Gasteiger partial charge in [0.2, 0.25) is 0 Å². The number of benzene rings is 2. The quantitative estimate of drug-likeness (QED) is 0.594. The number of nitrogens with zero attached hydrogens (tertiary/aromatic N) is 2. The van der Waals surface area contributed by atoms with Crippen LogP contribution >= 0.6 is 0 Å². The number of fused-ring (bicyclic) bond motifs is 2. The van der Waals surface area contributed by atoms with Gasteiger partial charge in [0.05, 0.1) is 12.8 Å². The Morgan fingerprint density at radius 3 is 2.61 bits per heavy atom. The van der Waals surface area contributed by atoms with Crippen molar-refractivity contribution >= 4 is 5.65 Å². The van der Waals surface area contributed by atoms with Gasteiger partial charge in [0.15, 0.2) is 5.65 Å². The number of H-pyrrole nitrogens is 1. The van der Waals surface area contributed by atoms with Gasteiger partial charge in [-0.2, -0.15) is 0 Å². The molecule has 4 aromatic rings. The summed E-state index contributed by atoms with van der Waals surface area (Å²) in [5.41, 5.74) is 6.73. The molecule has 0 saturated heterocycles. The number of hydrogen-bond donors (Lipinski definition) is 1. The minimum absolute atomic E-state index is 0.0339. The van der Waals surface area contributed by atoms with Gasteiger partial charge < -0.3 is 4.74 Å². The minimum Gasteiger partial charge on any atom is -0.497 e. The average molecular weight is 371 g/mol. The summed E-state index contributed by atoms with van der Waals surface area (Å²) < 4.78 is 6.93. The van der Waals surface area contributed by atoms with E-state index in [-0.39, 0.29) is 5.56 Å². The third-order valence-corrected chi connectivity index (χ3v) is 5.48. The highest BCUT2D eigenvalue weighted by molar-refractivity contribution is 5.80. The van der Waals surface area contributed by atoms with Crippen molar-refractivity contribution in [2.24, 2.45) is 0 Å². The molecule has 0 radical (unpaired) electrons. The molecule has 0 amide bonds. The molecule has 2 aromatic heterocycles. The largest absolute Gasteiger partial charge is 0.497 e. The van der Waals surface area contributed by atoms with Crippen molar-refractivity contribution in [2.45, 2.75) is 25.7 Å². The van der Waals surface area contributed by atoms with Crippen molar-refractivity contribution < 1.29 is 4.74 Å². The van der Waals surface area contributed by atoms with Crippen molar-refractivity contribution in [3.05, 3.63) is 87.5 Å². The lowest BCUT2D eigenvalue weighted by Crippen LogP contribution is -2.20. The molecule has 2 aromatic carbocycles. The second-order valence-electron chi connectivity index (χ2n) is 7.21. The maximum Gasteiger partial charge on any atom is 0.276 e. The zero-order valence-corrected chi connectivity index (χ0v) is 15.7. The van der Waals surface area contributed by atoms with Crippen LogP contribution in [0.3, 0.4) is 0 Å². The topological polar surface area (TPSA) is 59.4 Å². The molecule has 0 unspecified atom stereocenters. The molecule has 0 saturated carbocycles. The van der Waals surface area contributed by atoms with Crippen LogP contribution in [-0.2, 0) is 19.3 Å². The van der Waals surface area contributed by atoms with E-state index in [1.165, 1.54) is 5.56 Å².